The number of unbranched alkanes of at least 4 members (excludes halogenated alkanes) is 1. The average Bonchev–Trinajstić information content (AvgIpc) is 2.95. The van der Waals surface area contributed by atoms with E-state index in [4.69, 9.17) is 0 Å². The van der Waals surface area contributed by atoms with Gasteiger partial charge in [-0.15, -0.1) is 0 Å². The van der Waals surface area contributed by atoms with Gasteiger partial charge in [-0.2, -0.15) is 0 Å². The number of amides is 1. The summed E-state index contributed by atoms with van der Waals surface area (Å²) in [5.41, 5.74) is 2.64. The molecule has 0 fully saturated rings. The van der Waals surface area contributed by atoms with Gasteiger partial charge in [0.15, 0.2) is 5.88 Å². The van der Waals surface area contributed by atoms with E-state index < -0.39 is 0 Å². The zero-order valence-electron chi connectivity index (χ0n) is 13.6. The Kier molecular flexibility index (Phi) is 4.75. The Morgan fingerprint density at radius 3 is 2.54 bits per heavy atom. The van der Waals surface area contributed by atoms with Crippen molar-refractivity contribution in [2.75, 3.05) is 0 Å². The first kappa shape index (κ1) is 16.0. The topological polar surface area (TPSA) is 65.4 Å². The molecule has 4 nitrogen and oxygen atoms in total. The van der Waals surface area contributed by atoms with Gasteiger partial charge < -0.3 is 10.1 Å². The van der Waals surface area contributed by atoms with E-state index >= 15 is 0 Å². The maximum absolute atomic E-state index is 12.5. The molecule has 0 aliphatic carbocycles. The summed E-state index contributed by atoms with van der Waals surface area (Å²) >= 11 is 0. The fourth-order valence-electron chi connectivity index (χ4n) is 2.77. The Morgan fingerprint density at radius 2 is 1.79 bits per heavy atom. The van der Waals surface area contributed by atoms with Crippen LogP contribution in [0.2, 0.25) is 0 Å². The lowest BCUT2D eigenvalue weighted by atomic mass is 10.0. The van der Waals surface area contributed by atoms with Crippen molar-refractivity contribution in [2.45, 2.75) is 26.2 Å². The predicted octanol–water partition coefficient (Wildman–Crippen LogP) is 4.69. The number of hydrogen-bond donors (Lipinski definition) is 2. The number of fused-ring (bicyclic) bond motifs is 1. The third-order valence-corrected chi connectivity index (χ3v) is 4.00. The van der Waals surface area contributed by atoms with Gasteiger partial charge in [-0.25, -0.2) is 4.99 Å². The lowest BCUT2D eigenvalue weighted by molar-refractivity contribution is 0.100. The molecule has 4 heteroatoms. The van der Waals surface area contributed by atoms with Gasteiger partial charge in [0.25, 0.3) is 5.91 Å². The number of carbonyl (C=O) groups is 1. The van der Waals surface area contributed by atoms with E-state index in [1.807, 2.05) is 42.5 Å². The molecule has 1 aromatic heterocycles. The Labute approximate surface area is 140 Å². The highest BCUT2D eigenvalue weighted by Gasteiger charge is 2.17. The fraction of sp³-hybridized carbons (Fsp3) is 0.200. The van der Waals surface area contributed by atoms with Gasteiger partial charge in [0.2, 0.25) is 0 Å². The maximum atomic E-state index is 12.5. The van der Waals surface area contributed by atoms with Crippen LogP contribution in [0.15, 0.2) is 59.6 Å². The molecule has 0 unspecified atom stereocenters. The minimum Gasteiger partial charge on any atom is -0.494 e. The number of aromatic nitrogens is 1. The van der Waals surface area contributed by atoms with Gasteiger partial charge in [0.1, 0.15) is 0 Å². The Morgan fingerprint density at radius 1 is 1.08 bits per heavy atom. The third kappa shape index (κ3) is 3.23. The number of hydrogen-bond acceptors (Lipinski definition) is 2. The van der Waals surface area contributed by atoms with Crippen LogP contribution in [0.3, 0.4) is 0 Å². The second-order valence-electron chi connectivity index (χ2n) is 5.73. The van der Waals surface area contributed by atoms with Crippen molar-refractivity contribution in [3.63, 3.8) is 0 Å². The normalized spacial score (nSPS) is 11.8. The zero-order chi connectivity index (χ0) is 16.9. The van der Waals surface area contributed by atoms with Gasteiger partial charge in [-0.3, -0.25) is 4.79 Å². The standard InChI is InChI=1S/C20H20N2O2/c1-2-3-12-17(22-19(23)14-9-5-4-6-10-14)18-15-11-7-8-13-16(15)21-20(18)24/h4-11,13,21,24H,2-3,12H2,1H3. The highest BCUT2D eigenvalue weighted by Crippen LogP contribution is 2.29. The molecule has 122 valence electrons. The monoisotopic (exact) mass is 320 g/mol. The van der Waals surface area contributed by atoms with Crippen LogP contribution in [-0.4, -0.2) is 21.7 Å². The minimum atomic E-state index is -0.286. The molecular formula is C20H20N2O2. The van der Waals surface area contributed by atoms with Gasteiger partial charge in [0.05, 0.1) is 11.3 Å². The molecule has 0 saturated carbocycles. The smallest absolute Gasteiger partial charge is 0.277 e. The molecule has 0 aliphatic rings. The van der Waals surface area contributed by atoms with Gasteiger partial charge in [-0.05, 0) is 31.0 Å². The summed E-state index contributed by atoms with van der Waals surface area (Å²) in [7, 11) is 0. The molecule has 0 spiro atoms. The molecule has 1 heterocycles. The molecule has 1 amide bonds. The molecule has 0 saturated heterocycles. The quantitative estimate of drug-likeness (QED) is 0.670. The number of H-pyrrole nitrogens is 1. The van der Waals surface area contributed by atoms with Crippen molar-refractivity contribution in [1.29, 1.82) is 0 Å². The molecule has 2 N–H and O–H groups in total. The van der Waals surface area contributed by atoms with Crippen LogP contribution in [0.4, 0.5) is 0 Å². The van der Waals surface area contributed by atoms with E-state index in [0.29, 0.717) is 23.3 Å². The molecule has 3 rings (SSSR count). The molecule has 2 aromatic carbocycles. The summed E-state index contributed by atoms with van der Waals surface area (Å²) < 4.78 is 0. The minimum absolute atomic E-state index is 0.0620. The Balaban J connectivity index is 2.07. The van der Waals surface area contributed by atoms with Crippen molar-refractivity contribution < 1.29 is 9.90 Å². The van der Waals surface area contributed by atoms with E-state index in [2.05, 4.69) is 16.9 Å². The van der Waals surface area contributed by atoms with Crippen LogP contribution in [0.5, 0.6) is 5.88 Å². The van der Waals surface area contributed by atoms with Crippen LogP contribution in [0, 0.1) is 0 Å². The number of rotatable bonds is 5. The van der Waals surface area contributed by atoms with Crippen LogP contribution in [0.25, 0.3) is 10.9 Å². The van der Waals surface area contributed by atoms with Crippen LogP contribution < -0.4 is 0 Å². The van der Waals surface area contributed by atoms with Gasteiger partial charge >= 0.3 is 0 Å². The number of aliphatic imine (C=N–C) groups is 1. The van der Waals surface area contributed by atoms with Crippen LogP contribution >= 0.6 is 0 Å². The van der Waals surface area contributed by atoms with Crippen LogP contribution in [-0.2, 0) is 0 Å². The zero-order valence-corrected chi connectivity index (χ0v) is 13.6. The van der Waals surface area contributed by atoms with E-state index in [0.717, 1.165) is 23.7 Å². The van der Waals surface area contributed by atoms with Crippen molar-refractivity contribution in [1.82, 2.24) is 4.98 Å². The summed E-state index contributed by atoms with van der Waals surface area (Å²) in [6, 6.07) is 16.6. The number of aromatic hydroxyl groups is 1. The lowest BCUT2D eigenvalue weighted by Crippen LogP contribution is -2.06. The Bertz CT molecular complexity index is 879. The van der Waals surface area contributed by atoms with E-state index in [1.165, 1.54) is 0 Å². The SMILES string of the molecule is CCCCC(=NC(=O)c1ccccc1)c1c(O)[nH]c2ccccc12. The second-order valence-corrected chi connectivity index (χ2v) is 5.73. The summed E-state index contributed by atoms with van der Waals surface area (Å²) in [4.78, 5) is 19.8. The van der Waals surface area contributed by atoms with Crippen molar-refractivity contribution in [3.8, 4) is 5.88 Å². The first-order valence-corrected chi connectivity index (χ1v) is 8.17. The lowest BCUT2D eigenvalue weighted by Gasteiger charge is -2.06. The van der Waals surface area contributed by atoms with Crippen molar-refractivity contribution in [3.05, 3.63) is 65.7 Å². The second kappa shape index (κ2) is 7.13. The van der Waals surface area contributed by atoms with E-state index in [1.54, 1.807) is 12.1 Å². The van der Waals surface area contributed by atoms with E-state index in [-0.39, 0.29) is 11.8 Å². The number of benzene rings is 2. The molecule has 0 radical (unpaired) electrons. The van der Waals surface area contributed by atoms with Crippen molar-refractivity contribution in [2.24, 2.45) is 4.99 Å². The first-order chi connectivity index (χ1) is 11.7. The highest BCUT2D eigenvalue weighted by molar-refractivity contribution is 6.17. The van der Waals surface area contributed by atoms with Crippen LogP contribution in [0.1, 0.15) is 42.1 Å². The number of nitrogens with zero attached hydrogens (tertiary/aromatic N) is 1. The van der Waals surface area contributed by atoms with E-state index in [9.17, 15) is 9.90 Å². The highest BCUT2D eigenvalue weighted by atomic mass is 16.3. The molecule has 24 heavy (non-hydrogen) atoms. The summed E-state index contributed by atoms with van der Waals surface area (Å²) in [6.45, 7) is 2.09. The fourth-order valence-corrected chi connectivity index (χ4v) is 2.77. The van der Waals surface area contributed by atoms with Crippen molar-refractivity contribution >= 4 is 22.5 Å². The number of nitrogens with one attached hydrogen (secondary N) is 1. The third-order valence-electron chi connectivity index (χ3n) is 4.00. The largest absolute Gasteiger partial charge is 0.494 e. The number of carbonyl (C=O) groups excluding carboxylic acids is 1. The number of para-hydroxylation sites is 1. The summed E-state index contributed by atoms with van der Waals surface area (Å²) in [6.07, 6.45) is 2.53. The maximum Gasteiger partial charge on any atom is 0.277 e. The van der Waals surface area contributed by atoms with Gasteiger partial charge in [-0.1, -0.05) is 49.7 Å². The summed E-state index contributed by atoms with van der Waals surface area (Å²) in [5.74, 6) is -0.224. The number of aromatic amines is 1. The molecule has 3 aromatic rings. The average molecular weight is 320 g/mol. The molecule has 0 bridgehead atoms. The summed E-state index contributed by atoms with van der Waals surface area (Å²) in [5, 5.41) is 11.2. The Hall–Kier alpha value is -2.88. The molecule has 0 atom stereocenters. The molecule has 0 aliphatic heterocycles. The molecular weight excluding hydrogens is 300 g/mol. The van der Waals surface area contributed by atoms with Gasteiger partial charge in [0, 0.05) is 16.5 Å². The first-order valence-electron chi connectivity index (χ1n) is 8.17. The predicted molar refractivity (Wildman–Crippen MR) is 96.8 cm³/mol.